The van der Waals surface area contributed by atoms with E-state index in [1.165, 1.54) is 7.11 Å². The first-order chi connectivity index (χ1) is 12.2. The van der Waals surface area contributed by atoms with E-state index >= 15 is 0 Å². The topological polar surface area (TPSA) is 75.6 Å². The molecule has 1 unspecified atom stereocenters. The second-order valence-corrected chi connectivity index (χ2v) is 5.49. The van der Waals surface area contributed by atoms with Crippen LogP contribution in [0.5, 0.6) is 5.75 Å². The van der Waals surface area contributed by atoms with Crippen LogP contribution in [0.15, 0.2) is 48.5 Å². The monoisotopic (exact) mass is 367 g/mol. The van der Waals surface area contributed by atoms with Crippen LogP contribution in [0.3, 0.4) is 0 Å². The van der Waals surface area contributed by atoms with Crippen molar-refractivity contribution in [1.82, 2.24) is 5.32 Å². The standard InChI is InChI=1S/C18H16F3NO4/c1-26-14-8-2-11(3-9-14)10-15(17(24)25)22-16(23)12-4-6-13(7-5-12)18(19,20)21/h2-9,15H,10H2,1H3,(H,22,23)(H,24,25). The summed E-state index contributed by atoms with van der Waals surface area (Å²) < 4.78 is 42.6. The van der Waals surface area contributed by atoms with E-state index in [4.69, 9.17) is 4.74 Å². The van der Waals surface area contributed by atoms with Crippen molar-refractivity contribution in [3.63, 3.8) is 0 Å². The summed E-state index contributed by atoms with van der Waals surface area (Å²) in [5, 5.41) is 11.6. The van der Waals surface area contributed by atoms with Crippen molar-refractivity contribution in [3.8, 4) is 5.75 Å². The van der Waals surface area contributed by atoms with E-state index in [9.17, 15) is 27.9 Å². The van der Waals surface area contributed by atoms with E-state index in [0.29, 0.717) is 11.3 Å². The number of carbonyl (C=O) groups is 2. The van der Waals surface area contributed by atoms with Crippen LogP contribution >= 0.6 is 0 Å². The fourth-order valence-corrected chi connectivity index (χ4v) is 2.25. The highest BCUT2D eigenvalue weighted by Crippen LogP contribution is 2.29. The molecule has 0 saturated heterocycles. The van der Waals surface area contributed by atoms with Crippen molar-refractivity contribution >= 4 is 11.9 Å². The van der Waals surface area contributed by atoms with Crippen LogP contribution in [-0.2, 0) is 17.4 Å². The van der Waals surface area contributed by atoms with Gasteiger partial charge < -0.3 is 15.2 Å². The third kappa shape index (κ3) is 4.98. The van der Waals surface area contributed by atoms with Crippen LogP contribution in [0, 0.1) is 0 Å². The molecule has 26 heavy (non-hydrogen) atoms. The number of halogens is 3. The summed E-state index contributed by atoms with van der Waals surface area (Å²) >= 11 is 0. The molecular weight excluding hydrogens is 351 g/mol. The van der Waals surface area contributed by atoms with Gasteiger partial charge in [-0.2, -0.15) is 13.2 Å². The molecule has 138 valence electrons. The lowest BCUT2D eigenvalue weighted by atomic mass is 10.0. The number of hydrogen-bond acceptors (Lipinski definition) is 3. The van der Waals surface area contributed by atoms with Gasteiger partial charge in [0.1, 0.15) is 11.8 Å². The number of nitrogens with one attached hydrogen (secondary N) is 1. The Morgan fingerprint density at radius 3 is 2.12 bits per heavy atom. The smallest absolute Gasteiger partial charge is 0.416 e. The fraction of sp³-hybridized carbons (Fsp3) is 0.222. The maximum Gasteiger partial charge on any atom is 0.416 e. The lowest BCUT2D eigenvalue weighted by Crippen LogP contribution is -2.42. The number of aliphatic carboxylic acids is 1. The Morgan fingerprint density at radius 2 is 1.65 bits per heavy atom. The molecule has 0 saturated carbocycles. The van der Waals surface area contributed by atoms with Gasteiger partial charge in [-0.25, -0.2) is 4.79 Å². The van der Waals surface area contributed by atoms with E-state index in [2.05, 4.69) is 5.32 Å². The van der Waals surface area contributed by atoms with Gasteiger partial charge in [-0.15, -0.1) is 0 Å². The summed E-state index contributed by atoms with van der Waals surface area (Å²) in [7, 11) is 1.50. The lowest BCUT2D eigenvalue weighted by molar-refractivity contribution is -0.139. The van der Waals surface area contributed by atoms with E-state index in [0.717, 1.165) is 24.3 Å². The normalized spacial score (nSPS) is 12.3. The minimum atomic E-state index is -4.51. The molecule has 0 aliphatic rings. The third-order valence-electron chi connectivity index (χ3n) is 3.68. The second kappa shape index (κ2) is 7.90. The van der Waals surface area contributed by atoms with E-state index in [-0.39, 0.29) is 12.0 Å². The third-order valence-corrected chi connectivity index (χ3v) is 3.68. The van der Waals surface area contributed by atoms with Crippen LogP contribution in [0.4, 0.5) is 13.2 Å². The first kappa shape index (κ1) is 19.3. The molecule has 8 heteroatoms. The van der Waals surface area contributed by atoms with Gasteiger partial charge in [0.05, 0.1) is 12.7 Å². The summed E-state index contributed by atoms with van der Waals surface area (Å²) in [6, 6.07) is 8.98. The summed E-state index contributed by atoms with van der Waals surface area (Å²) in [6.45, 7) is 0. The number of ether oxygens (including phenoxy) is 1. The zero-order valence-corrected chi connectivity index (χ0v) is 13.7. The molecule has 2 rings (SSSR count). The maximum atomic E-state index is 12.5. The average molecular weight is 367 g/mol. The molecule has 1 atom stereocenters. The first-order valence-electron chi connectivity index (χ1n) is 7.54. The summed E-state index contributed by atoms with van der Waals surface area (Å²) in [5.74, 6) is -1.41. The number of methoxy groups -OCH3 is 1. The lowest BCUT2D eigenvalue weighted by Gasteiger charge is -2.15. The highest BCUT2D eigenvalue weighted by atomic mass is 19.4. The Bertz CT molecular complexity index is 771. The number of hydrogen-bond donors (Lipinski definition) is 2. The van der Waals surface area contributed by atoms with Gasteiger partial charge in [-0.3, -0.25) is 4.79 Å². The second-order valence-electron chi connectivity index (χ2n) is 5.49. The van der Waals surface area contributed by atoms with Crippen LogP contribution in [0.2, 0.25) is 0 Å². The molecular formula is C18H16F3NO4. The summed E-state index contributed by atoms with van der Waals surface area (Å²) in [6.07, 6.45) is -4.49. The van der Waals surface area contributed by atoms with Gasteiger partial charge in [0.25, 0.3) is 5.91 Å². The summed E-state index contributed by atoms with van der Waals surface area (Å²) in [5.41, 5.74) is -0.285. The molecule has 0 aliphatic carbocycles. The molecule has 2 aromatic rings. The molecule has 0 heterocycles. The van der Waals surface area contributed by atoms with Crippen LogP contribution in [0.25, 0.3) is 0 Å². The Balaban J connectivity index is 2.08. The number of carbonyl (C=O) groups excluding carboxylic acids is 1. The number of rotatable bonds is 6. The van der Waals surface area contributed by atoms with Crippen molar-refractivity contribution in [1.29, 1.82) is 0 Å². The first-order valence-corrected chi connectivity index (χ1v) is 7.54. The van der Waals surface area contributed by atoms with Crippen molar-refractivity contribution in [2.45, 2.75) is 18.6 Å². The summed E-state index contributed by atoms with van der Waals surface area (Å²) in [4.78, 5) is 23.5. The molecule has 0 fully saturated rings. The van der Waals surface area contributed by atoms with E-state index in [1.54, 1.807) is 24.3 Å². The predicted molar refractivity (Wildman–Crippen MR) is 87.0 cm³/mol. The van der Waals surface area contributed by atoms with Crippen molar-refractivity contribution in [2.75, 3.05) is 7.11 Å². The zero-order chi connectivity index (χ0) is 19.3. The Hall–Kier alpha value is -3.03. The molecule has 1 amide bonds. The van der Waals surface area contributed by atoms with Gasteiger partial charge >= 0.3 is 12.1 Å². The Labute approximate surface area is 147 Å². The maximum absolute atomic E-state index is 12.5. The number of benzene rings is 2. The molecule has 2 N–H and O–H groups in total. The molecule has 0 bridgehead atoms. The molecule has 0 aliphatic heterocycles. The van der Waals surface area contributed by atoms with E-state index < -0.39 is 29.7 Å². The van der Waals surface area contributed by atoms with Crippen LogP contribution in [-0.4, -0.2) is 30.1 Å². The van der Waals surface area contributed by atoms with Crippen LogP contribution in [0.1, 0.15) is 21.5 Å². The number of carboxylic acids is 1. The van der Waals surface area contributed by atoms with Crippen molar-refractivity contribution < 1.29 is 32.6 Å². The molecule has 0 aromatic heterocycles. The molecule has 5 nitrogen and oxygen atoms in total. The van der Waals surface area contributed by atoms with Crippen LogP contribution < -0.4 is 10.1 Å². The molecule has 2 aromatic carbocycles. The Kier molecular flexibility index (Phi) is 5.86. The fourth-order valence-electron chi connectivity index (χ4n) is 2.25. The molecule has 0 spiro atoms. The van der Waals surface area contributed by atoms with Gasteiger partial charge in [-0.1, -0.05) is 12.1 Å². The van der Waals surface area contributed by atoms with Crippen molar-refractivity contribution in [3.05, 3.63) is 65.2 Å². The van der Waals surface area contributed by atoms with Crippen molar-refractivity contribution in [2.24, 2.45) is 0 Å². The van der Waals surface area contributed by atoms with Gasteiger partial charge in [-0.05, 0) is 42.0 Å². The highest BCUT2D eigenvalue weighted by Gasteiger charge is 2.30. The SMILES string of the molecule is COc1ccc(CC(NC(=O)c2ccc(C(F)(F)F)cc2)C(=O)O)cc1. The number of carboxylic acid groups (broad SMARTS) is 1. The molecule has 0 radical (unpaired) electrons. The average Bonchev–Trinajstić information content (AvgIpc) is 2.61. The van der Waals surface area contributed by atoms with E-state index in [1.807, 2.05) is 0 Å². The minimum absolute atomic E-state index is 0.0195. The quantitative estimate of drug-likeness (QED) is 0.823. The number of alkyl halides is 3. The van der Waals surface area contributed by atoms with Gasteiger partial charge in [0, 0.05) is 12.0 Å². The largest absolute Gasteiger partial charge is 0.497 e. The predicted octanol–water partition coefficient (Wildman–Crippen LogP) is 3.14. The highest BCUT2D eigenvalue weighted by molar-refractivity contribution is 5.96. The number of amides is 1. The Morgan fingerprint density at radius 1 is 1.08 bits per heavy atom. The van der Waals surface area contributed by atoms with Gasteiger partial charge in [0.15, 0.2) is 0 Å². The van der Waals surface area contributed by atoms with Gasteiger partial charge in [0.2, 0.25) is 0 Å². The zero-order valence-electron chi connectivity index (χ0n) is 13.7. The minimum Gasteiger partial charge on any atom is -0.497 e.